The number of nitrogens with two attached hydrogens (primary N) is 1. The SMILES string of the molecule is COc1ccc(CN)cc1OC.COc1ccc(CNC(=O)c2ccc3c(c2)c(C)c(C)n3Cc2ccc(-c3ccccc3C(=O)OC(C)(C)C)cc2)cc1OC.Cc1c(C)n(Cc2ccc(-c3ccccc3C(=O)OC(C)(C)C)cc2)c2ccc(C(=O)O)cc12. The van der Waals surface area contributed by atoms with Crippen molar-refractivity contribution < 1.29 is 52.7 Å². The lowest BCUT2D eigenvalue weighted by Gasteiger charge is -2.20. The molecule has 15 heteroatoms. The molecule has 0 radical (unpaired) electrons. The van der Waals surface area contributed by atoms with Crippen LogP contribution >= 0.6 is 0 Å². The van der Waals surface area contributed by atoms with E-state index >= 15 is 0 Å². The Balaban J connectivity index is 0.000000203. The first kappa shape index (κ1) is 66.8. The Bertz CT molecular complexity index is 4260. The highest BCUT2D eigenvalue weighted by molar-refractivity contribution is 6.00. The largest absolute Gasteiger partial charge is 0.493 e. The summed E-state index contributed by atoms with van der Waals surface area (Å²) in [5, 5.41) is 14.4. The minimum Gasteiger partial charge on any atom is -0.493 e. The molecule has 0 bridgehead atoms. The summed E-state index contributed by atoms with van der Waals surface area (Å²) in [5.41, 5.74) is 20.7. The highest BCUT2D eigenvalue weighted by Crippen LogP contribution is 2.34. The van der Waals surface area contributed by atoms with Crippen LogP contribution < -0.4 is 30.0 Å². The Morgan fingerprint density at radius 1 is 0.462 bits per heavy atom. The molecule has 0 aliphatic carbocycles. The van der Waals surface area contributed by atoms with Crippen molar-refractivity contribution in [3.63, 3.8) is 0 Å². The molecule has 2 heterocycles. The first-order valence-electron chi connectivity index (χ1n) is 30.0. The number of methoxy groups -OCH3 is 4. The summed E-state index contributed by atoms with van der Waals surface area (Å²) in [7, 11) is 6.41. The lowest BCUT2D eigenvalue weighted by atomic mass is 9.98. The zero-order chi connectivity index (χ0) is 65.9. The average Bonchev–Trinajstić information content (AvgIpc) is 1.66. The molecule has 91 heavy (non-hydrogen) atoms. The number of carboxylic acids is 1. The second kappa shape index (κ2) is 29.0. The van der Waals surface area contributed by atoms with Crippen LogP contribution in [0.25, 0.3) is 44.1 Å². The van der Waals surface area contributed by atoms with Gasteiger partial charge in [-0.3, -0.25) is 4.79 Å². The quantitative estimate of drug-likeness (QED) is 0.0732. The molecule has 1 amide bonds. The molecular weight excluding hydrogens is 1140 g/mol. The number of ether oxygens (including phenoxy) is 6. The van der Waals surface area contributed by atoms with E-state index in [1.54, 1.807) is 52.7 Å². The molecule has 0 aliphatic rings. The van der Waals surface area contributed by atoms with Crippen LogP contribution in [-0.2, 0) is 35.7 Å². The number of carboxylic acid groups (broad SMARTS) is 1. The summed E-state index contributed by atoms with van der Waals surface area (Å²) in [5.74, 6) is 0.994. The highest BCUT2D eigenvalue weighted by Gasteiger charge is 2.23. The summed E-state index contributed by atoms with van der Waals surface area (Å²) in [4.78, 5) is 50.1. The van der Waals surface area contributed by atoms with Gasteiger partial charge in [-0.25, -0.2) is 14.4 Å². The molecule has 10 aromatic rings. The van der Waals surface area contributed by atoms with Gasteiger partial charge in [0, 0.05) is 64.9 Å². The minimum absolute atomic E-state index is 0.140. The van der Waals surface area contributed by atoms with E-state index in [1.165, 1.54) is 0 Å². The third kappa shape index (κ3) is 16.2. The number of nitrogens with zero attached hydrogens (tertiary/aromatic N) is 2. The lowest BCUT2D eigenvalue weighted by Crippen LogP contribution is -2.24. The van der Waals surface area contributed by atoms with Crippen molar-refractivity contribution in [1.29, 1.82) is 0 Å². The third-order valence-corrected chi connectivity index (χ3v) is 15.7. The Hall–Kier alpha value is -10.1. The molecule has 4 N–H and O–H groups in total. The molecule has 2 aromatic heterocycles. The Kier molecular flexibility index (Phi) is 21.3. The number of fused-ring (bicyclic) bond motifs is 2. The van der Waals surface area contributed by atoms with E-state index < -0.39 is 17.2 Å². The molecule has 0 atom stereocenters. The summed E-state index contributed by atoms with van der Waals surface area (Å²) in [6, 6.07) is 53.9. The second-order valence-electron chi connectivity index (χ2n) is 24.1. The van der Waals surface area contributed by atoms with Crippen molar-refractivity contribution in [3.8, 4) is 45.3 Å². The molecule has 0 unspecified atom stereocenters. The van der Waals surface area contributed by atoms with E-state index in [9.17, 15) is 24.3 Å². The van der Waals surface area contributed by atoms with E-state index in [0.717, 1.165) is 100 Å². The van der Waals surface area contributed by atoms with E-state index in [2.05, 4.69) is 59.5 Å². The standard InChI is InChI=1S/C38H40N2O5.C29H29NO4.C9H13NO2/c1-24-25(2)40(23-26-12-15-28(16-13-26)30-10-8-9-11-31(30)37(42)45-38(3,4)5)33-18-17-29(21-32(24)33)36(41)39-22-27-14-19-34(43-6)35(20-27)44-7;1-18-19(2)30(26-15-14-22(27(31)32)16-25(18)26)17-20-10-12-21(13-11-20)23-8-6-7-9-24(23)28(33)34-29(3,4)5;1-11-8-4-3-7(6-10)5-9(8)12-2/h8-21H,22-23H2,1-7H3,(H,39,41);6-16H,17H2,1-5H3,(H,31,32);3-5H,6,10H2,1-2H3. The van der Waals surface area contributed by atoms with Gasteiger partial charge < -0.3 is 53.7 Å². The number of aryl methyl sites for hydroxylation is 2. The van der Waals surface area contributed by atoms with Gasteiger partial charge in [0.15, 0.2) is 23.0 Å². The molecule has 472 valence electrons. The van der Waals surface area contributed by atoms with Gasteiger partial charge in [0.05, 0.1) is 45.1 Å². The van der Waals surface area contributed by atoms with Crippen molar-refractivity contribution in [2.75, 3.05) is 28.4 Å². The zero-order valence-electron chi connectivity index (χ0n) is 54.5. The molecule has 0 spiro atoms. The number of esters is 2. The molecule has 10 rings (SSSR count). The number of nitrogens with one attached hydrogen (secondary N) is 1. The second-order valence-corrected chi connectivity index (χ2v) is 24.1. The van der Waals surface area contributed by atoms with Crippen molar-refractivity contribution >= 4 is 45.6 Å². The fourth-order valence-electron chi connectivity index (χ4n) is 10.7. The fraction of sp³-hybridized carbons (Fsp3) is 0.263. The van der Waals surface area contributed by atoms with Gasteiger partial charge in [-0.05, 0) is 198 Å². The van der Waals surface area contributed by atoms with Crippen LogP contribution in [0.15, 0.2) is 170 Å². The summed E-state index contributed by atoms with van der Waals surface area (Å²) >= 11 is 0. The topological polar surface area (TPSA) is 192 Å². The number of benzene rings is 8. The molecular formula is C76H82N4O11. The summed E-state index contributed by atoms with van der Waals surface area (Å²) < 4.78 is 36.6. The third-order valence-electron chi connectivity index (χ3n) is 15.7. The number of hydrogen-bond donors (Lipinski definition) is 3. The summed E-state index contributed by atoms with van der Waals surface area (Å²) in [6.45, 7) is 21.7. The van der Waals surface area contributed by atoms with Crippen molar-refractivity contribution in [2.45, 2.75) is 107 Å². The number of aromatic nitrogens is 2. The molecule has 0 fully saturated rings. The van der Waals surface area contributed by atoms with Crippen molar-refractivity contribution in [2.24, 2.45) is 5.73 Å². The van der Waals surface area contributed by atoms with E-state index in [1.807, 2.05) is 170 Å². The van der Waals surface area contributed by atoms with Crippen molar-refractivity contribution in [1.82, 2.24) is 14.5 Å². The number of aromatic carboxylic acids is 1. The van der Waals surface area contributed by atoms with Crippen LogP contribution in [-0.4, -0.2) is 77.7 Å². The normalized spacial score (nSPS) is 11.2. The van der Waals surface area contributed by atoms with Crippen LogP contribution in [0.3, 0.4) is 0 Å². The number of rotatable bonds is 17. The number of amides is 1. The molecule has 15 nitrogen and oxygen atoms in total. The smallest absolute Gasteiger partial charge is 0.339 e. The predicted octanol–water partition coefficient (Wildman–Crippen LogP) is 15.7. The van der Waals surface area contributed by atoms with E-state index in [-0.39, 0.29) is 17.8 Å². The first-order chi connectivity index (χ1) is 43.3. The van der Waals surface area contributed by atoms with Gasteiger partial charge in [-0.15, -0.1) is 0 Å². The van der Waals surface area contributed by atoms with Gasteiger partial charge >= 0.3 is 17.9 Å². The zero-order valence-corrected chi connectivity index (χ0v) is 54.5. The monoisotopic (exact) mass is 1230 g/mol. The van der Waals surface area contributed by atoms with Gasteiger partial charge in [-0.1, -0.05) is 97.1 Å². The van der Waals surface area contributed by atoms with E-state index in [4.69, 9.17) is 34.2 Å². The number of carbonyl (C=O) groups is 4. The van der Waals surface area contributed by atoms with Crippen LogP contribution in [0.2, 0.25) is 0 Å². The lowest BCUT2D eigenvalue weighted by molar-refractivity contribution is 0.00578. The summed E-state index contributed by atoms with van der Waals surface area (Å²) in [6.07, 6.45) is 0. The molecule has 0 saturated carbocycles. The van der Waals surface area contributed by atoms with Gasteiger partial charge in [0.1, 0.15) is 11.2 Å². The average molecular weight is 1230 g/mol. The van der Waals surface area contributed by atoms with Crippen LogP contribution in [0.4, 0.5) is 0 Å². The fourth-order valence-corrected chi connectivity index (χ4v) is 10.7. The number of carbonyl (C=O) groups excluding carboxylic acids is 3. The Morgan fingerprint density at radius 3 is 1.25 bits per heavy atom. The first-order valence-corrected chi connectivity index (χ1v) is 30.0. The Labute approximate surface area is 533 Å². The maximum absolute atomic E-state index is 13.1. The van der Waals surface area contributed by atoms with Gasteiger partial charge in [0.2, 0.25) is 0 Å². The number of hydrogen-bond acceptors (Lipinski definition) is 11. The molecule has 8 aromatic carbocycles. The van der Waals surface area contributed by atoms with Crippen LogP contribution in [0, 0.1) is 27.7 Å². The Morgan fingerprint density at radius 2 is 0.846 bits per heavy atom. The van der Waals surface area contributed by atoms with Crippen molar-refractivity contribution in [3.05, 3.63) is 237 Å². The maximum atomic E-state index is 13.1. The highest BCUT2D eigenvalue weighted by atomic mass is 16.6. The van der Waals surface area contributed by atoms with Crippen LogP contribution in [0.1, 0.15) is 128 Å². The molecule has 0 aliphatic heterocycles. The maximum Gasteiger partial charge on any atom is 0.339 e. The van der Waals surface area contributed by atoms with E-state index in [0.29, 0.717) is 59.9 Å². The predicted molar refractivity (Wildman–Crippen MR) is 360 cm³/mol. The van der Waals surface area contributed by atoms with Gasteiger partial charge in [0.25, 0.3) is 5.91 Å². The molecule has 0 saturated heterocycles. The van der Waals surface area contributed by atoms with Crippen LogP contribution in [0.5, 0.6) is 23.0 Å². The van der Waals surface area contributed by atoms with Gasteiger partial charge in [-0.2, -0.15) is 0 Å². The minimum atomic E-state index is -0.922.